The Labute approximate surface area is 164 Å². The predicted molar refractivity (Wildman–Crippen MR) is 109 cm³/mol. The molecule has 1 aromatic carbocycles. The Morgan fingerprint density at radius 1 is 0.963 bits per heavy atom. The number of amides is 1. The first-order chi connectivity index (χ1) is 13.2. The molecule has 1 amide bonds. The highest BCUT2D eigenvalue weighted by atomic mass is 16.5. The van der Waals surface area contributed by atoms with Crippen LogP contribution in [0.4, 0.5) is 0 Å². The van der Waals surface area contributed by atoms with E-state index in [4.69, 9.17) is 4.74 Å². The molecule has 1 fully saturated rings. The van der Waals surface area contributed by atoms with Gasteiger partial charge in [0.15, 0.2) is 0 Å². The van der Waals surface area contributed by atoms with Crippen molar-refractivity contribution < 1.29 is 14.3 Å². The summed E-state index contributed by atoms with van der Waals surface area (Å²) in [6, 6.07) is 7.99. The molecule has 1 heterocycles. The number of piperidine rings is 1. The summed E-state index contributed by atoms with van der Waals surface area (Å²) in [4.78, 5) is 26.7. The summed E-state index contributed by atoms with van der Waals surface area (Å²) in [5, 5.41) is 0. The van der Waals surface area contributed by atoms with E-state index in [1.807, 2.05) is 17.0 Å². The van der Waals surface area contributed by atoms with Gasteiger partial charge in [-0.3, -0.25) is 9.59 Å². The lowest BCUT2D eigenvalue weighted by Crippen LogP contribution is -2.40. The van der Waals surface area contributed by atoms with Crippen LogP contribution in [-0.4, -0.2) is 36.5 Å². The van der Waals surface area contributed by atoms with Gasteiger partial charge in [0.1, 0.15) is 0 Å². The van der Waals surface area contributed by atoms with Crippen molar-refractivity contribution in [1.29, 1.82) is 0 Å². The Hall–Kier alpha value is -1.84. The highest BCUT2D eigenvalue weighted by molar-refractivity contribution is 5.94. The number of aryl methyl sites for hydroxylation is 1. The number of hydrogen-bond acceptors (Lipinski definition) is 3. The smallest absolute Gasteiger partial charge is 0.309 e. The van der Waals surface area contributed by atoms with Crippen LogP contribution >= 0.6 is 0 Å². The van der Waals surface area contributed by atoms with Gasteiger partial charge in [-0.1, -0.05) is 51.7 Å². The number of nitrogens with zero attached hydrogens (tertiary/aromatic N) is 1. The Morgan fingerprint density at radius 3 is 2.26 bits per heavy atom. The Morgan fingerprint density at radius 2 is 1.63 bits per heavy atom. The third-order valence-corrected chi connectivity index (χ3v) is 5.38. The molecular weight excluding hydrogens is 338 g/mol. The van der Waals surface area contributed by atoms with Crippen LogP contribution in [0.2, 0.25) is 0 Å². The number of unbranched alkanes of at least 4 members (excludes halogenated alkanes) is 4. The van der Waals surface area contributed by atoms with Gasteiger partial charge in [0.05, 0.1) is 12.5 Å². The molecule has 0 aliphatic carbocycles. The molecule has 0 atom stereocenters. The minimum Gasteiger partial charge on any atom is -0.465 e. The van der Waals surface area contributed by atoms with Gasteiger partial charge >= 0.3 is 5.97 Å². The van der Waals surface area contributed by atoms with Gasteiger partial charge in [-0.05, 0) is 49.8 Å². The van der Waals surface area contributed by atoms with E-state index < -0.39 is 0 Å². The van der Waals surface area contributed by atoms with Crippen LogP contribution in [0.1, 0.15) is 81.1 Å². The summed E-state index contributed by atoms with van der Waals surface area (Å²) in [6.07, 6.45) is 9.27. The summed E-state index contributed by atoms with van der Waals surface area (Å²) in [7, 11) is 0. The molecule has 0 radical (unpaired) electrons. The van der Waals surface area contributed by atoms with Crippen LogP contribution < -0.4 is 0 Å². The van der Waals surface area contributed by atoms with Crippen molar-refractivity contribution in [2.24, 2.45) is 5.92 Å². The number of esters is 1. The molecule has 0 spiro atoms. The SMILES string of the molecule is CCCCCCOC(=O)C1CCN(C(=O)c2ccc(CCCC)cc2)CC1. The second-order valence-corrected chi connectivity index (χ2v) is 7.60. The fourth-order valence-corrected chi connectivity index (χ4v) is 3.52. The van der Waals surface area contributed by atoms with Gasteiger partial charge in [0.2, 0.25) is 0 Å². The summed E-state index contributed by atoms with van der Waals surface area (Å²) in [5.41, 5.74) is 2.03. The van der Waals surface area contributed by atoms with E-state index in [1.54, 1.807) is 0 Å². The van der Waals surface area contributed by atoms with Crippen molar-refractivity contribution in [2.75, 3.05) is 19.7 Å². The molecule has 150 valence electrons. The normalized spacial score (nSPS) is 15.0. The fraction of sp³-hybridized carbons (Fsp3) is 0.652. The third-order valence-electron chi connectivity index (χ3n) is 5.38. The van der Waals surface area contributed by atoms with E-state index >= 15 is 0 Å². The van der Waals surface area contributed by atoms with Crippen LogP contribution in [0.3, 0.4) is 0 Å². The number of likely N-dealkylation sites (tertiary alicyclic amines) is 1. The fourth-order valence-electron chi connectivity index (χ4n) is 3.52. The molecule has 1 aromatic rings. The van der Waals surface area contributed by atoms with Crippen LogP contribution in [0.25, 0.3) is 0 Å². The summed E-state index contributed by atoms with van der Waals surface area (Å²) < 4.78 is 5.41. The number of rotatable bonds is 10. The molecule has 0 unspecified atom stereocenters. The average Bonchev–Trinajstić information content (AvgIpc) is 2.72. The molecular formula is C23H35NO3. The summed E-state index contributed by atoms with van der Waals surface area (Å²) in [6.45, 7) is 6.14. The molecule has 1 saturated heterocycles. The number of benzene rings is 1. The standard InChI is InChI=1S/C23H35NO3/c1-3-5-7-8-18-27-23(26)21-14-16-24(17-15-21)22(25)20-12-10-19(11-13-20)9-6-4-2/h10-13,21H,3-9,14-18H2,1-2H3. The molecule has 27 heavy (non-hydrogen) atoms. The molecule has 0 aromatic heterocycles. The Bertz CT molecular complexity index is 574. The molecule has 0 N–H and O–H groups in total. The van der Waals surface area contributed by atoms with Crippen LogP contribution in [0, 0.1) is 5.92 Å². The average molecular weight is 374 g/mol. The zero-order valence-corrected chi connectivity index (χ0v) is 17.0. The zero-order valence-electron chi connectivity index (χ0n) is 17.0. The first kappa shape index (κ1) is 21.5. The van der Waals surface area contributed by atoms with E-state index in [0.717, 1.165) is 24.8 Å². The third kappa shape index (κ3) is 7.00. The first-order valence-corrected chi connectivity index (χ1v) is 10.7. The van der Waals surface area contributed by atoms with Gasteiger partial charge in [-0.25, -0.2) is 0 Å². The van der Waals surface area contributed by atoms with E-state index in [9.17, 15) is 9.59 Å². The maximum Gasteiger partial charge on any atom is 0.309 e. The number of carbonyl (C=O) groups excluding carboxylic acids is 2. The van der Waals surface area contributed by atoms with E-state index in [2.05, 4.69) is 26.0 Å². The first-order valence-electron chi connectivity index (χ1n) is 10.7. The van der Waals surface area contributed by atoms with Crippen molar-refractivity contribution in [1.82, 2.24) is 4.90 Å². The highest BCUT2D eigenvalue weighted by Crippen LogP contribution is 2.21. The van der Waals surface area contributed by atoms with Crippen molar-refractivity contribution in [3.63, 3.8) is 0 Å². The minimum absolute atomic E-state index is 0.0587. The largest absolute Gasteiger partial charge is 0.465 e. The maximum atomic E-state index is 12.7. The van der Waals surface area contributed by atoms with Crippen molar-refractivity contribution in [3.05, 3.63) is 35.4 Å². The topological polar surface area (TPSA) is 46.6 Å². The predicted octanol–water partition coefficient (Wildman–Crippen LogP) is 5.00. The minimum atomic E-state index is -0.0844. The van der Waals surface area contributed by atoms with Gasteiger partial charge in [-0.15, -0.1) is 0 Å². The monoisotopic (exact) mass is 373 g/mol. The number of ether oxygens (including phenoxy) is 1. The van der Waals surface area contributed by atoms with Crippen molar-refractivity contribution in [2.45, 2.75) is 71.6 Å². The van der Waals surface area contributed by atoms with E-state index in [-0.39, 0.29) is 17.8 Å². The zero-order chi connectivity index (χ0) is 19.5. The molecule has 2 rings (SSSR count). The lowest BCUT2D eigenvalue weighted by Gasteiger charge is -2.31. The second kappa shape index (κ2) is 11.8. The maximum absolute atomic E-state index is 12.7. The molecule has 1 aliphatic rings. The molecule has 4 nitrogen and oxygen atoms in total. The van der Waals surface area contributed by atoms with Crippen molar-refractivity contribution >= 4 is 11.9 Å². The van der Waals surface area contributed by atoms with E-state index in [0.29, 0.717) is 32.5 Å². The second-order valence-electron chi connectivity index (χ2n) is 7.60. The molecule has 0 bridgehead atoms. The van der Waals surface area contributed by atoms with Gasteiger partial charge in [0.25, 0.3) is 5.91 Å². The van der Waals surface area contributed by atoms with Crippen LogP contribution in [-0.2, 0) is 16.0 Å². The lowest BCUT2D eigenvalue weighted by atomic mass is 9.96. The Kier molecular flexibility index (Phi) is 9.37. The molecule has 0 saturated carbocycles. The molecule has 4 heteroatoms. The van der Waals surface area contributed by atoms with Crippen LogP contribution in [0.5, 0.6) is 0 Å². The quantitative estimate of drug-likeness (QED) is 0.428. The summed E-state index contributed by atoms with van der Waals surface area (Å²) in [5.74, 6) is -0.0704. The van der Waals surface area contributed by atoms with Crippen LogP contribution in [0.15, 0.2) is 24.3 Å². The van der Waals surface area contributed by atoms with Crippen molar-refractivity contribution in [3.8, 4) is 0 Å². The van der Waals surface area contributed by atoms with E-state index in [1.165, 1.54) is 31.2 Å². The van der Waals surface area contributed by atoms with Gasteiger partial charge in [0, 0.05) is 18.7 Å². The Balaban J connectivity index is 1.74. The number of carbonyl (C=O) groups is 2. The number of hydrogen-bond donors (Lipinski definition) is 0. The van der Waals surface area contributed by atoms with Gasteiger partial charge in [-0.2, -0.15) is 0 Å². The highest BCUT2D eigenvalue weighted by Gasteiger charge is 2.28. The molecule has 1 aliphatic heterocycles. The van der Waals surface area contributed by atoms with Gasteiger partial charge < -0.3 is 9.64 Å². The summed E-state index contributed by atoms with van der Waals surface area (Å²) >= 11 is 0. The lowest BCUT2D eigenvalue weighted by molar-refractivity contribution is -0.150.